The van der Waals surface area contributed by atoms with Crippen molar-refractivity contribution in [3.8, 4) is 0 Å². The molecule has 0 spiro atoms. The fraction of sp³-hybridized carbons (Fsp3) is 0.267. The van der Waals surface area contributed by atoms with E-state index in [1.807, 2.05) is 29.0 Å². The lowest BCUT2D eigenvalue weighted by atomic mass is 10.2. The van der Waals surface area contributed by atoms with Crippen LogP contribution < -0.4 is 5.56 Å². The molecule has 2 heterocycles. The van der Waals surface area contributed by atoms with E-state index >= 15 is 0 Å². The molecule has 0 saturated heterocycles. The summed E-state index contributed by atoms with van der Waals surface area (Å²) in [7, 11) is 1.76. The van der Waals surface area contributed by atoms with Gasteiger partial charge in [0.1, 0.15) is 5.82 Å². The summed E-state index contributed by atoms with van der Waals surface area (Å²) in [5.41, 5.74) is 1.76. The summed E-state index contributed by atoms with van der Waals surface area (Å²) < 4.78 is 3.56. The third-order valence-electron chi connectivity index (χ3n) is 3.45. The Kier molecular flexibility index (Phi) is 3.10. The van der Waals surface area contributed by atoms with Crippen LogP contribution in [0, 0.1) is 0 Å². The highest BCUT2D eigenvalue weighted by atomic mass is 16.1. The van der Waals surface area contributed by atoms with E-state index in [2.05, 4.69) is 16.9 Å². The molecule has 0 N–H and O–H groups in total. The van der Waals surface area contributed by atoms with E-state index in [0.717, 1.165) is 23.5 Å². The number of aromatic nitrogens is 4. The molecule has 0 aliphatic rings. The van der Waals surface area contributed by atoms with Crippen LogP contribution >= 0.6 is 0 Å². The Morgan fingerprint density at radius 2 is 2.05 bits per heavy atom. The Morgan fingerprint density at radius 3 is 2.80 bits per heavy atom. The molecule has 0 bridgehead atoms. The summed E-state index contributed by atoms with van der Waals surface area (Å²) in [6.07, 6.45) is 4.67. The lowest BCUT2D eigenvalue weighted by molar-refractivity contribution is 0.671. The Labute approximate surface area is 116 Å². The first kappa shape index (κ1) is 12.6. The number of aryl methyl sites for hydroxylation is 1. The van der Waals surface area contributed by atoms with Crippen LogP contribution in [-0.2, 0) is 20.0 Å². The Hall–Kier alpha value is -2.43. The van der Waals surface area contributed by atoms with Crippen molar-refractivity contribution in [1.82, 2.24) is 19.1 Å². The maximum Gasteiger partial charge on any atom is 0.261 e. The zero-order chi connectivity index (χ0) is 14.1. The number of benzene rings is 1. The number of hydrogen-bond donors (Lipinski definition) is 0. The smallest absolute Gasteiger partial charge is 0.261 e. The van der Waals surface area contributed by atoms with Crippen LogP contribution in [0.1, 0.15) is 18.4 Å². The third-order valence-corrected chi connectivity index (χ3v) is 3.45. The van der Waals surface area contributed by atoms with E-state index in [1.54, 1.807) is 24.0 Å². The SMILES string of the molecule is CCc1cn(Cc2nc3ccccc3c(=O)n2C)cn1. The summed E-state index contributed by atoms with van der Waals surface area (Å²) in [5.74, 6) is 0.730. The van der Waals surface area contributed by atoms with Crippen molar-refractivity contribution in [2.45, 2.75) is 19.9 Å². The lowest BCUT2D eigenvalue weighted by Gasteiger charge is -2.09. The first-order chi connectivity index (χ1) is 9.69. The molecule has 102 valence electrons. The van der Waals surface area contributed by atoms with Gasteiger partial charge >= 0.3 is 0 Å². The van der Waals surface area contributed by atoms with Crippen LogP contribution in [0.4, 0.5) is 0 Å². The molecule has 3 aromatic rings. The van der Waals surface area contributed by atoms with Crippen LogP contribution in [0.15, 0.2) is 41.6 Å². The van der Waals surface area contributed by atoms with Crippen LogP contribution in [0.5, 0.6) is 0 Å². The largest absolute Gasteiger partial charge is 0.330 e. The van der Waals surface area contributed by atoms with E-state index in [4.69, 9.17) is 0 Å². The van der Waals surface area contributed by atoms with Gasteiger partial charge in [-0.1, -0.05) is 19.1 Å². The number of rotatable bonds is 3. The van der Waals surface area contributed by atoms with Gasteiger partial charge in [-0.25, -0.2) is 9.97 Å². The van der Waals surface area contributed by atoms with E-state index in [1.165, 1.54) is 0 Å². The van der Waals surface area contributed by atoms with Crippen LogP contribution in [0.25, 0.3) is 10.9 Å². The van der Waals surface area contributed by atoms with Gasteiger partial charge in [0.05, 0.1) is 29.5 Å². The van der Waals surface area contributed by atoms with Crippen molar-refractivity contribution in [2.75, 3.05) is 0 Å². The second-order valence-electron chi connectivity index (χ2n) is 4.80. The Balaban J connectivity index is 2.07. The van der Waals surface area contributed by atoms with E-state index in [-0.39, 0.29) is 5.56 Å². The molecule has 1 aromatic carbocycles. The average molecular weight is 268 g/mol. The van der Waals surface area contributed by atoms with Gasteiger partial charge < -0.3 is 4.57 Å². The average Bonchev–Trinajstić information content (AvgIpc) is 2.92. The molecule has 0 fully saturated rings. The first-order valence-corrected chi connectivity index (χ1v) is 6.64. The highest BCUT2D eigenvalue weighted by Crippen LogP contribution is 2.08. The summed E-state index contributed by atoms with van der Waals surface area (Å²) in [6.45, 7) is 2.61. The van der Waals surface area contributed by atoms with E-state index in [0.29, 0.717) is 11.9 Å². The first-order valence-electron chi connectivity index (χ1n) is 6.64. The Bertz CT molecular complexity index is 816. The summed E-state index contributed by atoms with van der Waals surface area (Å²) in [4.78, 5) is 21.2. The highest BCUT2D eigenvalue weighted by Gasteiger charge is 2.08. The van der Waals surface area contributed by atoms with Crippen LogP contribution in [0.3, 0.4) is 0 Å². The van der Waals surface area contributed by atoms with Gasteiger partial charge in [0.2, 0.25) is 0 Å². The van der Waals surface area contributed by atoms with Gasteiger partial charge in [-0.15, -0.1) is 0 Å². The molecule has 0 radical (unpaired) electrons. The molecule has 3 rings (SSSR count). The van der Waals surface area contributed by atoms with Crippen LogP contribution in [0.2, 0.25) is 0 Å². The predicted molar refractivity (Wildman–Crippen MR) is 77.7 cm³/mol. The predicted octanol–water partition coefficient (Wildman–Crippen LogP) is 1.74. The van der Waals surface area contributed by atoms with Gasteiger partial charge in [-0.2, -0.15) is 0 Å². The normalized spacial score (nSPS) is 11.1. The lowest BCUT2D eigenvalue weighted by Crippen LogP contribution is -2.23. The molecule has 20 heavy (non-hydrogen) atoms. The summed E-state index contributed by atoms with van der Waals surface area (Å²) in [5, 5.41) is 0.652. The maximum absolute atomic E-state index is 12.3. The number of imidazole rings is 1. The highest BCUT2D eigenvalue weighted by molar-refractivity contribution is 5.77. The number of nitrogens with zero attached hydrogens (tertiary/aromatic N) is 4. The van der Waals surface area contributed by atoms with Crippen LogP contribution in [-0.4, -0.2) is 19.1 Å². The Morgan fingerprint density at radius 1 is 1.25 bits per heavy atom. The minimum atomic E-state index is -0.0126. The monoisotopic (exact) mass is 268 g/mol. The molecule has 0 amide bonds. The van der Waals surface area contributed by atoms with E-state index in [9.17, 15) is 4.79 Å². The molecule has 5 nitrogen and oxygen atoms in total. The molecule has 5 heteroatoms. The van der Waals surface area contributed by atoms with Crippen molar-refractivity contribution >= 4 is 10.9 Å². The molecule has 2 aromatic heterocycles. The topological polar surface area (TPSA) is 52.7 Å². The maximum atomic E-state index is 12.3. The molecule has 0 unspecified atom stereocenters. The van der Waals surface area contributed by atoms with Crippen molar-refractivity contribution < 1.29 is 0 Å². The van der Waals surface area contributed by atoms with Gasteiger partial charge in [0.25, 0.3) is 5.56 Å². The fourth-order valence-electron chi connectivity index (χ4n) is 2.24. The van der Waals surface area contributed by atoms with Crippen molar-refractivity contribution in [3.05, 3.63) is 58.7 Å². The number of para-hydroxylation sites is 1. The van der Waals surface area contributed by atoms with Gasteiger partial charge in [0.15, 0.2) is 0 Å². The molecular weight excluding hydrogens is 252 g/mol. The molecule has 0 saturated carbocycles. The fourth-order valence-corrected chi connectivity index (χ4v) is 2.24. The minimum Gasteiger partial charge on any atom is -0.330 e. The van der Waals surface area contributed by atoms with Gasteiger partial charge in [0, 0.05) is 13.2 Å². The van der Waals surface area contributed by atoms with E-state index < -0.39 is 0 Å². The molecular formula is C15H16N4O. The summed E-state index contributed by atoms with van der Waals surface area (Å²) >= 11 is 0. The molecule has 0 atom stereocenters. The molecule has 0 aliphatic carbocycles. The minimum absolute atomic E-state index is 0.0126. The van der Waals surface area contributed by atoms with Gasteiger partial charge in [-0.3, -0.25) is 9.36 Å². The second-order valence-corrected chi connectivity index (χ2v) is 4.80. The number of hydrogen-bond acceptors (Lipinski definition) is 3. The van der Waals surface area contributed by atoms with Crippen molar-refractivity contribution in [2.24, 2.45) is 7.05 Å². The quantitative estimate of drug-likeness (QED) is 0.727. The van der Waals surface area contributed by atoms with Crippen molar-refractivity contribution in [1.29, 1.82) is 0 Å². The van der Waals surface area contributed by atoms with Gasteiger partial charge in [-0.05, 0) is 18.6 Å². The third kappa shape index (κ3) is 2.11. The number of fused-ring (bicyclic) bond motifs is 1. The zero-order valence-electron chi connectivity index (χ0n) is 11.6. The second kappa shape index (κ2) is 4.92. The molecule has 0 aliphatic heterocycles. The summed E-state index contributed by atoms with van der Waals surface area (Å²) in [6, 6.07) is 7.42. The van der Waals surface area contributed by atoms with Crippen molar-refractivity contribution in [3.63, 3.8) is 0 Å². The standard InChI is InChI=1S/C15H16N4O/c1-3-11-8-19(10-16-11)9-14-17-13-7-5-4-6-12(13)15(20)18(14)2/h4-8,10H,3,9H2,1-2H3. The zero-order valence-corrected chi connectivity index (χ0v) is 11.6.